The number of hydrogen-bond donors (Lipinski definition) is 1. The Balaban J connectivity index is 1.80. The van der Waals surface area contributed by atoms with Crippen LogP contribution in [0.5, 0.6) is 0 Å². The topological polar surface area (TPSA) is 32.3 Å². The third kappa shape index (κ3) is 3.08. The molecule has 3 heteroatoms. The second-order valence-electron chi connectivity index (χ2n) is 6.08. The van der Waals surface area contributed by atoms with E-state index in [1.807, 2.05) is 23.1 Å². The Morgan fingerprint density at radius 1 is 1.10 bits per heavy atom. The zero-order valence-corrected chi connectivity index (χ0v) is 12.7. The molecule has 3 nitrogen and oxygen atoms in total. The van der Waals surface area contributed by atoms with Crippen LogP contribution in [0, 0.1) is 0 Å². The lowest BCUT2D eigenvalue weighted by atomic mass is 10.0. The highest BCUT2D eigenvalue weighted by Crippen LogP contribution is 2.20. The molecule has 0 saturated carbocycles. The van der Waals surface area contributed by atoms with Gasteiger partial charge in [-0.3, -0.25) is 4.79 Å². The molecule has 1 fully saturated rings. The number of carbonyl (C=O) groups is 1. The highest BCUT2D eigenvalue weighted by atomic mass is 16.2. The first-order valence-corrected chi connectivity index (χ1v) is 7.64. The fraction of sp³-hybridized carbons (Fsp3) is 0.389. The number of amides is 1. The van der Waals surface area contributed by atoms with Crippen molar-refractivity contribution in [3.8, 4) is 0 Å². The van der Waals surface area contributed by atoms with E-state index in [0.717, 1.165) is 18.7 Å². The Morgan fingerprint density at radius 3 is 2.52 bits per heavy atom. The summed E-state index contributed by atoms with van der Waals surface area (Å²) in [5.74, 6) is 0.228. The van der Waals surface area contributed by atoms with Gasteiger partial charge in [-0.25, -0.2) is 0 Å². The van der Waals surface area contributed by atoms with Crippen LogP contribution >= 0.6 is 0 Å². The summed E-state index contributed by atoms with van der Waals surface area (Å²) in [6.07, 6.45) is 0.487. The van der Waals surface area contributed by atoms with Crippen LogP contribution < -0.4 is 5.32 Å². The number of rotatable bonds is 2. The average Bonchev–Trinajstić information content (AvgIpc) is 2.46. The molecule has 1 saturated heterocycles. The predicted octanol–water partition coefficient (Wildman–Crippen LogP) is 2.59. The van der Waals surface area contributed by atoms with Crippen LogP contribution in [-0.4, -0.2) is 36.0 Å². The van der Waals surface area contributed by atoms with Crippen molar-refractivity contribution >= 4 is 16.7 Å². The zero-order chi connectivity index (χ0) is 14.8. The summed E-state index contributed by atoms with van der Waals surface area (Å²) in [6.45, 7) is 5.86. The summed E-state index contributed by atoms with van der Waals surface area (Å²) in [4.78, 5) is 14.6. The summed E-state index contributed by atoms with van der Waals surface area (Å²) in [5.41, 5.74) is 1.12. The second-order valence-corrected chi connectivity index (χ2v) is 6.08. The highest BCUT2D eigenvalue weighted by Gasteiger charge is 2.24. The quantitative estimate of drug-likeness (QED) is 0.918. The average molecular weight is 282 g/mol. The molecule has 2 unspecified atom stereocenters. The first kappa shape index (κ1) is 14.1. The van der Waals surface area contributed by atoms with E-state index in [2.05, 4.69) is 43.4 Å². The molecule has 2 aromatic carbocycles. The molecule has 1 N–H and O–H groups in total. The maximum Gasteiger partial charge on any atom is 0.227 e. The normalized spacial score (nSPS) is 22.5. The number of nitrogens with one attached hydrogen (secondary N) is 1. The number of carbonyl (C=O) groups excluding carboxylic acids is 1. The number of fused-ring (bicyclic) bond motifs is 1. The first-order valence-electron chi connectivity index (χ1n) is 7.64. The standard InChI is InChI=1S/C18H22N2O/c1-13-11-20(12-14(2)19-13)18(21)10-16-8-5-7-15-6-3-4-9-17(15)16/h3-9,13-14,19H,10-12H2,1-2H3. The van der Waals surface area contributed by atoms with E-state index in [1.54, 1.807) is 0 Å². The first-order chi connectivity index (χ1) is 10.1. The number of piperazine rings is 1. The number of benzene rings is 2. The van der Waals surface area contributed by atoms with Gasteiger partial charge in [0.1, 0.15) is 0 Å². The Kier molecular flexibility index (Phi) is 3.93. The van der Waals surface area contributed by atoms with Gasteiger partial charge in [0.15, 0.2) is 0 Å². The lowest BCUT2D eigenvalue weighted by Gasteiger charge is -2.36. The van der Waals surface area contributed by atoms with E-state index >= 15 is 0 Å². The van der Waals surface area contributed by atoms with Crippen molar-refractivity contribution in [3.05, 3.63) is 48.0 Å². The molecule has 1 amide bonds. The van der Waals surface area contributed by atoms with Crippen molar-refractivity contribution in [1.29, 1.82) is 0 Å². The summed E-state index contributed by atoms with van der Waals surface area (Å²) in [7, 11) is 0. The molecule has 1 heterocycles. The van der Waals surface area contributed by atoms with Crippen molar-refractivity contribution in [2.75, 3.05) is 13.1 Å². The van der Waals surface area contributed by atoms with Crippen LogP contribution in [0.2, 0.25) is 0 Å². The van der Waals surface area contributed by atoms with Gasteiger partial charge in [-0.2, -0.15) is 0 Å². The van der Waals surface area contributed by atoms with Crippen molar-refractivity contribution in [3.63, 3.8) is 0 Å². The molecule has 110 valence electrons. The molecular weight excluding hydrogens is 260 g/mol. The van der Waals surface area contributed by atoms with Gasteiger partial charge in [-0.05, 0) is 30.2 Å². The molecule has 21 heavy (non-hydrogen) atoms. The van der Waals surface area contributed by atoms with E-state index in [4.69, 9.17) is 0 Å². The molecule has 0 spiro atoms. The molecular formula is C18H22N2O. The van der Waals surface area contributed by atoms with Crippen LogP contribution in [0.15, 0.2) is 42.5 Å². The predicted molar refractivity (Wildman–Crippen MR) is 86.3 cm³/mol. The smallest absolute Gasteiger partial charge is 0.227 e. The van der Waals surface area contributed by atoms with Gasteiger partial charge in [-0.15, -0.1) is 0 Å². The van der Waals surface area contributed by atoms with Gasteiger partial charge in [-0.1, -0.05) is 42.5 Å². The van der Waals surface area contributed by atoms with Crippen molar-refractivity contribution < 1.29 is 4.79 Å². The number of nitrogens with zero attached hydrogens (tertiary/aromatic N) is 1. The molecule has 1 aliphatic rings. The number of hydrogen-bond acceptors (Lipinski definition) is 2. The summed E-state index contributed by atoms with van der Waals surface area (Å²) >= 11 is 0. The lowest BCUT2D eigenvalue weighted by molar-refractivity contribution is -0.132. The van der Waals surface area contributed by atoms with Gasteiger partial charge in [0.05, 0.1) is 6.42 Å². The van der Waals surface area contributed by atoms with Gasteiger partial charge in [0, 0.05) is 25.2 Å². The Bertz CT molecular complexity index is 637. The third-order valence-electron chi connectivity index (χ3n) is 4.13. The van der Waals surface area contributed by atoms with Crippen molar-refractivity contribution in [2.45, 2.75) is 32.4 Å². The van der Waals surface area contributed by atoms with Crippen LogP contribution in [0.4, 0.5) is 0 Å². The molecule has 3 rings (SSSR count). The molecule has 2 atom stereocenters. The van der Waals surface area contributed by atoms with E-state index in [0.29, 0.717) is 18.5 Å². The Hall–Kier alpha value is -1.87. The van der Waals surface area contributed by atoms with Gasteiger partial charge in [0.25, 0.3) is 0 Å². The maximum absolute atomic E-state index is 12.6. The third-order valence-corrected chi connectivity index (χ3v) is 4.13. The van der Waals surface area contributed by atoms with Crippen LogP contribution in [-0.2, 0) is 11.2 Å². The molecule has 0 radical (unpaired) electrons. The lowest BCUT2D eigenvalue weighted by Crippen LogP contribution is -2.56. The van der Waals surface area contributed by atoms with Crippen molar-refractivity contribution in [2.24, 2.45) is 0 Å². The SMILES string of the molecule is CC1CN(C(=O)Cc2cccc3ccccc23)CC(C)N1. The van der Waals surface area contributed by atoms with E-state index in [9.17, 15) is 4.79 Å². The minimum atomic E-state index is 0.228. The fourth-order valence-electron chi connectivity index (χ4n) is 3.25. The highest BCUT2D eigenvalue weighted by molar-refractivity contribution is 5.90. The van der Waals surface area contributed by atoms with E-state index in [1.165, 1.54) is 10.8 Å². The second kappa shape index (κ2) is 5.86. The Labute approximate surface area is 125 Å². The monoisotopic (exact) mass is 282 g/mol. The molecule has 0 aliphatic carbocycles. The fourth-order valence-corrected chi connectivity index (χ4v) is 3.25. The minimum Gasteiger partial charge on any atom is -0.339 e. The van der Waals surface area contributed by atoms with Crippen LogP contribution in [0.1, 0.15) is 19.4 Å². The van der Waals surface area contributed by atoms with Gasteiger partial charge in [0.2, 0.25) is 5.91 Å². The largest absolute Gasteiger partial charge is 0.339 e. The van der Waals surface area contributed by atoms with Crippen LogP contribution in [0.3, 0.4) is 0 Å². The molecule has 1 aliphatic heterocycles. The van der Waals surface area contributed by atoms with Gasteiger partial charge >= 0.3 is 0 Å². The van der Waals surface area contributed by atoms with Crippen molar-refractivity contribution in [1.82, 2.24) is 10.2 Å². The summed E-state index contributed by atoms with van der Waals surface area (Å²) in [5, 5.41) is 5.85. The minimum absolute atomic E-state index is 0.228. The summed E-state index contributed by atoms with van der Waals surface area (Å²) < 4.78 is 0. The Morgan fingerprint density at radius 2 is 1.76 bits per heavy atom. The summed E-state index contributed by atoms with van der Waals surface area (Å²) in [6, 6.07) is 15.2. The molecule has 0 bridgehead atoms. The maximum atomic E-state index is 12.6. The molecule has 0 aromatic heterocycles. The molecule has 2 aromatic rings. The van der Waals surface area contributed by atoms with E-state index < -0.39 is 0 Å². The van der Waals surface area contributed by atoms with Gasteiger partial charge < -0.3 is 10.2 Å². The van der Waals surface area contributed by atoms with Crippen LogP contribution in [0.25, 0.3) is 10.8 Å². The van der Waals surface area contributed by atoms with E-state index in [-0.39, 0.29) is 5.91 Å². The zero-order valence-electron chi connectivity index (χ0n) is 12.7.